The maximum absolute atomic E-state index is 12.2. The van der Waals surface area contributed by atoms with Crippen LogP contribution in [0.3, 0.4) is 0 Å². The molecule has 0 radical (unpaired) electrons. The third-order valence-electron chi connectivity index (χ3n) is 3.12. The van der Waals surface area contributed by atoms with Crippen LogP contribution in [0.15, 0.2) is 0 Å². The molecule has 1 rings (SSSR count). The fourth-order valence-electron chi connectivity index (χ4n) is 2.14. The lowest BCUT2D eigenvalue weighted by Crippen LogP contribution is -2.50. The normalized spacial score (nSPS) is 21.8. The monoisotopic (exact) mass is 318 g/mol. The van der Waals surface area contributed by atoms with E-state index in [0.717, 1.165) is 12.8 Å². The Morgan fingerprint density at radius 2 is 2.19 bits per heavy atom. The topological polar surface area (TPSA) is 78.9 Å². The number of thioether (sulfide) groups is 1. The quantitative estimate of drug-likeness (QED) is 0.669. The molecule has 2 amide bonds. The molecule has 1 saturated heterocycles. The summed E-state index contributed by atoms with van der Waals surface area (Å²) in [5.41, 5.74) is 0. The highest BCUT2D eigenvalue weighted by Crippen LogP contribution is 2.32. The lowest BCUT2D eigenvalue weighted by atomic mass is 10.2. The molecule has 0 aromatic rings. The van der Waals surface area contributed by atoms with E-state index in [0.29, 0.717) is 31.4 Å². The molecule has 1 aliphatic rings. The van der Waals surface area contributed by atoms with Crippen LogP contribution in [-0.4, -0.2) is 58.9 Å². The molecule has 122 valence electrons. The van der Waals surface area contributed by atoms with Gasteiger partial charge in [-0.2, -0.15) is 0 Å². The van der Waals surface area contributed by atoms with Gasteiger partial charge in [-0.25, -0.2) is 9.59 Å². The summed E-state index contributed by atoms with van der Waals surface area (Å²) in [5.74, 6) is -0.0228. The van der Waals surface area contributed by atoms with Gasteiger partial charge in [0.25, 0.3) is 0 Å². The van der Waals surface area contributed by atoms with Crippen LogP contribution in [0.25, 0.3) is 0 Å². The molecular weight excluding hydrogens is 292 g/mol. The SMILES string of the molecule is CCCC1SCC(C(=O)O)N1C(=O)NCCOCC(C)C. The van der Waals surface area contributed by atoms with E-state index in [4.69, 9.17) is 4.74 Å². The second-order valence-corrected chi connectivity index (χ2v) is 6.75. The van der Waals surface area contributed by atoms with Crippen molar-refractivity contribution in [2.75, 3.05) is 25.5 Å². The van der Waals surface area contributed by atoms with Crippen molar-refractivity contribution in [3.63, 3.8) is 0 Å². The Labute approximate surface area is 130 Å². The molecule has 2 atom stereocenters. The van der Waals surface area contributed by atoms with Gasteiger partial charge in [-0.05, 0) is 12.3 Å². The fourth-order valence-corrected chi connectivity index (χ4v) is 3.65. The van der Waals surface area contributed by atoms with Gasteiger partial charge in [0.2, 0.25) is 0 Å². The molecule has 1 heterocycles. The summed E-state index contributed by atoms with van der Waals surface area (Å²) in [7, 11) is 0. The van der Waals surface area contributed by atoms with Crippen molar-refractivity contribution in [1.82, 2.24) is 10.2 Å². The molecule has 0 saturated carbocycles. The van der Waals surface area contributed by atoms with Gasteiger partial charge >= 0.3 is 12.0 Å². The number of rotatable bonds is 8. The van der Waals surface area contributed by atoms with Crippen LogP contribution in [0.4, 0.5) is 4.79 Å². The summed E-state index contributed by atoms with van der Waals surface area (Å²) in [6, 6.07) is -1.04. The molecule has 0 spiro atoms. The smallest absolute Gasteiger partial charge is 0.327 e. The average Bonchev–Trinajstić information content (AvgIpc) is 2.82. The Morgan fingerprint density at radius 3 is 2.76 bits per heavy atom. The maximum atomic E-state index is 12.2. The van der Waals surface area contributed by atoms with Gasteiger partial charge < -0.3 is 15.2 Å². The van der Waals surface area contributed by atoms with Crippen LogP contribution >= 0.6 is 11.8 Å². The highest BCUT2D eigenvalue weighted by atomic mass is 32.2. The van der Waals surface area contributed by atoms with E-state index in [1.54, 1.807) is 11.8 Å². The summed E-state index contributed by atoms with van der Waals surface area (Å²) in [5, 5.41) is 11.9. The summed E-state index contributed by atoms with van der Waals surface area (Å²) >= 11 is 1.54. The molecule has 0 aromatic carbocycles. The van der Waals surface area contributed by atoms with E-state index in [9.17, 15) is 14.7 Å². The Hall–Kier alpha value is -0.950. The van der Waals surface area contributed by atoms with Crippen molar-refractivity contribution < 1.29 is 19.4 Å². The minimum Gasteiger partial charge on any atom is -0.480 e. The van der Waals surface area contributed by atoms with Crippen molar-refractivity contribution in [3.8, 4) is 0 Å². The lowest BCUT2D eigenvalue weighted by Gasteiger charge is -2.27. The highest BCUT2D eigenvalue weighted by Gasteiger charge is 2.40. The van der Waals surface area contributed by atoms with Gasteiger partial charge in [0.15, 0.2) is 0 Å². The number of carbonyl (C=O) groups excluding carboxylic acids is 1. The van der Waals surface area contributed by atoms with Crippen molar-refractivity contribution in [3.05, 3.63) is 0 Å². The number of hydrogen-bond acceptors (Lipinski definition) is 4. The second-order valence-electron chi connectivity index (χ2n) is 5.54. The first-order valence-corrected chi connectivity index (χ1v) is 8.50. The van der Waals surface area contributed by atoms with Crippen molar-refractivity contribution in [2.45, 2.75) is 45.0 Å². The van der Waals surface area contributed by atoms with Gasteiger partial charge in [0.05, 0.1) is 12.0 Å². The minimum absolute atomic E-state index is 0.0484. The summed E-state index contributed by atoms with van der Waals surface area (Å²) in [4.78, 5) is 25.0. The Kier molecular flexibility index (Phi) is 7.88. The van der Waals surface area contributed by atoms with Gasteiger partial charge in [-0.3, -0.25) is 4.90 Å². The number of carboxylic acid groups (broad SMARTS) is 1. The molecule has 21 heavy (non-hydrogen) atoms. The number of ether oxygens (including phenoxy) is 1. The number of aliphatic carboxylic acids is 1. The first kappa shape index (κ1) is 18.1. The van der Waals surface area contributed by atoms with E-state index in [1.165, 1.54) is 4.90 Å². The molecule has 0 aliphatic carbocycles. The van der Waals surface area contributed by atoms with E-state index >= 15 is 0 Å². The zero-order chi connectivity index (χ0) is 15.8. The molecule has 6 nitrogen and oxygen atoms in total. The zero-order valence-corrected chi connectivity index (χ0v) is 13.8. The first-order valence-electron chi connectivity index (χ1n) is 7.45. The molecule has 1 fully saturated rings. The van der Waals surface area contributed by atoms with Crippen LogP contribution < -0.4 is 5.32 Å². The number of amides is 2. The van der Waals surface area contributed by atoms with Crippen molar-refractivity contribution >= 4 is 23.8 Å². The summed E-state index contributed by atoms with van der Waals surface area (Å²) in [6.07, 6.45) is 1.73. The van der Waals surface area contributed by atoms with Crippen LogP contribution in [0.1, 0.15) is 33.6 Å². The van der Waals surface area contributed by atoms with Gasteiger partial charge in [0.1, 0.15) is 6.04 Å². The highest BCUT2D eigenvalue weighted by molar-refractivity contribution is 8.00. The Morgan fingerprint density at radius 1 is 1.48 bits per heavy atom. The van der Waals surface area contributed by atoms with Crippen molar-refractivity contribution in [1.29, 1.82) is 0 Å². The third-order valence-corrected chi connectivity index (χ3v) is 4.48. The fraction of sp³-hybridized carbons (Fsp3) is 0.857. The molecule has 7 heteroatoms. The zero-order valence-electron chi connectivity index (χ0n) is 13.0. The minimum atomic E-state index is -0.938. The number of carbonyl (C=O) groups is 2. The van der Waals surface area contributed by atoms with Crippen LogP contribution in [0, 0.1) is 5.92 Å². The van der Waals surface area contributed by atoms with E-state index in [2.05, 4.69) is 19.2 Å². The first-order chi connectivity index (χ1) is 9.97. The molecular formula is C14H26N2O4S. The van der Waals surface area contributed by atoms with Gasteiger partial charge in [-0.1, -0.05) is 27.2 Å². The second kappa shape index (κ2) is 9.15. The predicted molar refractivity (Wildman–Crippen MR) is 83.5 cm³/mol. The lowest BCUT2D eigenvalue weighted by molar-refractivity contribution is -0.141. The van der Waals surface area contributed by atoms with E-state index < -0.39 is 12.0 Å². The third kappa shape index (κ3) is 5.74. The summed E-state index contributed by atoms with van der Waals surface area (Å²) in [6.45, 7) is 7.66. The summed E-state index contributed by atoms with van der Waals surface area (Å²) < 4.78 is 5.40. The van der Waals surface area contributed by atoms with E-state index in [1.807, 2.05) is 6.92 Å². The number of nitrogens with zero attached hydrogens (tertiary/aromatic N) is 1. The van der Waals surface area contributed by atoms with Gasteiger partial charge in [0, 0.05) is 18.9 Å². The Bertz CT molecular complexity index is 352. The maximum Gasteiger partial charge on any atom is 0.327 e. The van der Waals surface area contributed by atoms with Crippen LogP contribution in [-0.2, 0) is 9.53 Å². The molecule has 0 bridgehead atoms. The largest absolute Gasteiger partial charge is 0.480 e. The molecule has 2 N–H and O–H groups in total. The van der Waals surface area contributed by atoms with Crippen LogP contribution in [0.2, 0.25) is 0 Å². The molecule has 0 aromatic heterocycles. The van der Waals surface area contributed by atoms with Gasteiger partial charge in [-0.15, -0.1) is 11.8 Å². The number of urea groups is 1. The number of hydrogen-bond donors (Lipinski definition) is 2. The average molecular weight is 318 g/mol. The van der Waals surface area contributed by atoms with Crippen molar-refractivity contribution in [2.24, 2.45) is 5.92 Å². The molecule has 1 aliphatic heterocycles. The standard InChI is InChI=1S/C14H26N2O4S/c1-4-5-12-16(11(9-21-12)13(17)18)14(19)15-6-7-20-8-10(2)3/h10-12H,4-9H2,1-3H3,(H,15,19)(H,17,18). The number of carboxylic acids is 1. The predicted octanol–water partition coefficient (Wildman–Crippen LogP) is 2.00. The molecule has 2 unspecified atom stereocenters. The number of nitrogens with one attached hydrogen (secondary N) is 1. The van der Waals surface area contributed by atoms with Crippen LogP contribution in [0.5, 0.6) is 0 Å². The van der Waals surface area contributed by atoms with E-state index in [-0.39, 0.29) is 11.4 Å². The Balaban J connectivity index is 2.45.